The number of carbonyl (C=O) groups is 1. The molecule has 0 aliphatic heterocycles. The van der Waals surface area contributed by atoms with Crippen LogP contribution in [0.4, 0.5) is 0 Å². The minimum absolute atomic E-state index is 0.140. The molecule has 1 aliphatic carbocycles. The minimum atomic E-state index is -0.645. The number of hydrogen-bond donors (Lipinski definition) is 2. The van der Waals surface area contributed by atoms with E-state index in [0.29, 0.717) is 13.2 Å². The van der Waals surface area contributed by atoms with Gasteiger partial charge in [-0.1, -0.05) is 78.9 Å². The molecule has 1 unspecified atom stereocenters. The highest BCUT2D eigenvalue weighted by Gasteiger charge is 2.46. The molecule has 5 aromatic rings. The van der Waals surface area contributed by atoms with E-state index < -0.39 is 5.41 Å². The smallest absolute Gasteiger partial charge is 0.330 e. The molecule has 234 valence electrons. The standard InChI is InChI=1S/C41H40O5/c1-3-40(44)46-21-9-5-4-8-20-45-35-18-16-34(17-19-35)41(33-14-12-28(2)13-15-33)38-24-30-11-7-6-10-29(30)22-36(38)37-23-31(26-42)32(27-43)25-39(37)41/h3,6-7,10-19,22-25,42-43H,1,4-5,8-9,20-21,26-27H2,2H3. The lowest BCUT2D eigenvalue weighted by Crippen LogP contribution is -2.29. The Morgan fingerprint density at radius 1 is 0.717 bits per heavy atom. The van der Waals surface area contributed by atoms with Crippen molar-refractivity contribution in [2.75, 3.05) is 13.2 Å². The normalized spacial score (nSPS) is 14.9. The lowest BCUT2D eigenvalue weighted by atomic mass is 9.67. The summed E-state index contributed by atoms with van der Waals surface area (Å²) in [6.45, 7) is 6.24. The zero-order chi connectivity index (χ0) is 32.1. The Labute approximate surface area is 270 Å². The molecule has 5 heteroatoms. The number of unbranched alkanes of at least 4 members (excludes halogenated alkanes) is 3. The van der Waals surface area contributed by atoms with Crippen LogP contribution in [0.15, 0.2) is 110 Å². The van der Waals surface area contributed by atoms with Gasteiger partial charge < -0.3 is 19.7 Å². The van der Waals surface area contributed by atoms with Gasteiger partial charge in [0, 0.05) is 6.08 Å². The molecule has 46 heavy (non-hydrogen) atoms. The molecular weight excluding hydrogens is 572 g/mol. The Hall–Kier alpha value is -4.71. The lowest BCUT2D eigenvalue weighted by molar-refractivity contribution is -0.137. The number of aryl methyl sites for hydroxylation is 1. The van der Waals surface area contributed by atoms with Gasteiger partial charge in [0.15, 0.2) is 0 Å². The summed E-state index contributed by atoms with van der Waals surface area (Å²) >= 11 is 0. The molecule has 0 heterocycles. The summed E-state index contributed by atoms with van der Waals surface area (Å²) in [4.78, 5) is 11.2. The van der Waals surface area contributed by atoms with Crippen LogP contribution >= 0.6 is 0 Å². The minimum Gasteiger partial charge on any atom is -0.494 e. The fourth-order valence-corrected chi connectivity index (χ4v) is 6.81. The quantitative estimate of drug-likeness (QED) is 0.0782. The van der Waals surface area contributed by atoms with E-state index in [1.807, 2.05) is 12.1 Å². The van der Waals surface area contributed by atoms with E-state index in [1.54, 1.807) is 0 Å². The third-order valence-electron chi connectivity index (χ3n) is 9.15. The summed E-state index contributed by atoms with van der Waals surface area (Å²) in [6, 6.07) is 34.3. The van der Waals surface area contributed by atoms with Crippen LogP contribution in [0.5, 0.6) is 5.75 Å². The summed E-state index contributed by atoms with van der Waals surface area (Å²) in [5.74, 6) is 0.434. The van der Waals surface area contributed by atoms with Crippen molar-refractivity contribution in [1.82, 2.24) is 0 Å². The van der Waals surface area contributed by atoms with E-state index in [4.69, 9.17) is 9.47 Å². The van der Waals surface area contributed by atoms with E-state index in [2.05, 4.69) is 98.4 Å². The van der Waals surface area contributed by atoms with Crippen LogP contribution in [0, 0.1) is 6.92 Å². The topological polar surface area (TPSA) is 76.0 Å². The Morgan fingerprint density at radius 3 is 1.93 bits per heavy atom. The van der Waals surface area contributed by atoms with Gasteiger partial charge in [-0.2, -0.15) is 0 Å². The van der Waals surface area contributed by atoms with Crippen molar-refractivity contribution < 1.29 is 24.5 Å². The largest absolute Gasteiger partial charge is 0.494 e. The monoisotopic (exact) mass is 612 g/mol. The number of esters is 1. The molecule has 5 nitrogen and oxygen atoms in total. The van der Waals surface area contributed by atoms with Gasteiger partial charge in [-0.15, -0.1) is 0 Å². The van der Waals surface area contributed by atoms with Crippen LogP contribution in [0.2, 0.25) is 0 Å². The molecule has 0 amide bonds. The number of benzene rings is 5. The highest BCUT2D eigenvalue weighted by atomic mass is 16.5. The first-order valence-electron chi connectivity index (χ1n) is 16.0. The molecule has 0 aromatic heterocycles. The maximum absolute atomic E-state index is 11.2. The molecule has 0 saturated carbocycles. The molecule has 0 radical (unpaired) electrons. The van der Waals surface area contributed by atoms with Crippen LogP contribution in [0.1, 0.15) is 64.6 Å². The highest BCUT2D eigenvalue weighted by Crippen LogP contribution is 2.57. The highest BCUT2D eigenvalue weighted by molar-refractivity contribution is 5.96. The fourth-order valence-electron chi connectivity index (χ4n) is 6.81. The zero-order valence-electron chi connectivity index (χ0n) is 26.3. The van der Waals surface area contributed by atoms with Crippen molar-refractivity contribution in [3.05, 3.63) is 149 Å². The molecule has 6 rings (SSSR count). The number of ether oxygens (including phenoxy) is 2. The number of hydrogen-bond acceptors (Lipinski definition) is 5. The third kappa shape index (κ3) is 5.84. The predicted molar refractivity (Wildman–Crippen MR) is 183 cm³/mol. The van der Waals surface area contributed by atoms with Crippen LogP contribution in [0.25, 0.3) is 21.9 Å². The zero-order valence-corrected chi connectivity index (χ0v) is 26.3. The first kappa shape index (κ1) is 31.3. The maximum Gasteiger partial charge on any atom is 0.330 e. The second-order valence-electron chi connectivity index (χ2n) is 12.0. The predicted octanol–water partition coefficient (Wildman–Crippen LogP) is 8.16. The molecule has 1 aliphatic rings. The SMILES string of the molecule is C=CC(=O)OCCCCCCOc1ccc(C2(c3ccc(C)cc3)c3cc(CO)c(CO)cc3-c3cc4ccccc4cc32)cc1. The number of aliphatic hydroxyl groups is 2. The number of carbonyl (C=O) groups excluding carboxylic acids is 1. The first-order valence-corrected chi connectivity index (χ1v) is 16.0. The van der Waals surface area contributed by atoms with Gasteiger partial charge in [0.1, 0.15) is 5.75 Å². The Bertz CT molecular complexity index is 1860. The first-order chi connectivity index (χ1) is 22.5. The van der Waals surface area contributed by atoms with E-state index >= 15 is 0 Å². The van der Waals surface area contributed by atoms with Crippen LogP contribution in [-0.2, 0) is 28.2 Å². The average molecular weight is 613 g/mol. The van der Waals surface area contributed by atoms with Gasteiger partial charge in [-0.3, -0.25) is 0 Å². The van der Waals surface area contributed by atoms with Crippen molar-refractivity contribution >= 4 is 16.7 Å². The van der Waals surface area contributed by atoms with Crippen LogP contribution in [-0.4, -0.2) is 29.4 Å². The lowest BCUT2D eigenvalue weighted by Gasteiger charge is -2.34. The third-order valence-corrected chi connectivity index (χ3v) is 9.15. The van der Waals surface area contributed by atoms with E-state index in [-0.39, 0.29) is 19.2 Å². The second-order valence-corrected chi connectivity index (χ2v) is 12.0. The van der Waals surface area contributed by atoms with Crippen LogP contribution < -0.4 is 4.74 Å². The number of fused-ring (bicyclic) bond motifs is 4. The Balaban J connectivity index is 1.38. The molecule has 0 spiro atoms. The fraction of sp³-hybridized carbons (Fsp3) is 0.244. The summed E-state index contributed by atoms with van der Waals surface area (Å²) in [6.07, 6.45) is 4.88. The molecular formula is C41H40O5. The van der Waals surface area contributed by atoms with E-state index in [0.717, 1.165) is 81.1 Å². The average Bonchev–Trinajstić information content (AvgIpc) is 3.36. The Morgan fingerprint density at radius 2 is 1.28 bits per heavy atom. The molecule has 1 atom stereocenters. The van der Waals surface area contributed by atoms with Crippen LogP contribution in [0.3, 0.4) is 0 Å². The Kier molecular flexibility index (Phi) is 9.34. The maximum atomic E-state index is 11.2. The van der Waals surface area contributed by atoms with Gasteiger partial charge in [0.25, 0.3) is 0 Å². The number of aliphatic hydroxyl groups excluding tert-OH is 2. The molecule has 0 fully saturated rings. The van der Waals surface area contributed by atoms with Gasteiger partial charge in [-0.05, 0) is 118 Å². The van der Waals surface area contributed by atoms with Gasteiger partial charge >= 0.3 is 5.97 Å². The molecule has 5 aromatic carbocycles. The molecule has 0 saturated heterocycles. The van der Waals surface area contributed by atoms with E-state index in [1.165, 1.54) is 17.2 Å². The van der Waals surface area contributed by atoms with Gasteiger partial charge in [0.05, 0.1) is 31.8 Å². The van der Waals surface area contributed by atoms with Gasteiger partial charge in [-0.25, -0.2) is 4.79 Å². The summed E-state index contributed by atoms with van der Waals surface area (Å²) in [5, 5.41) is 23.0. The van der Waals surface area contributed by atoms with E-state index in [9.17, 15) is 15.0 Å². The van der Waals surface area contributed by atoms with Gasteiger partial charge in [0.2, 0.25) is 0 Å². The molecule has 0 bridgehead atoms. The van der Waals surface area contributed by atoms with Crippen molar-refractivity contribution in [2.45, 2.75) is 51.2 Å². The summed E-state index contributed by atoms with van der Waals surface area (Å²) in [5.41, 5.74) is 8.73. The van der Waals surface area contributed by atoms with Crippen molar-refractivity contribution in [3.8, 4) is 16.9 Å². The second kappa shape index (κ2) is 13.7. The molecule has 2 N–H and O–H groups in total. The van der Waals surface area contributed by atoms with Crippen molar-refractivity contribution in [3.63, 3.8) is 0 Å². The number of rotatable bonds is 13. The summed E-state index contributed by atoms with van der Waals surface area (Å²) in [7, 11) is 0. The van der Waals surface area contributed by atoms with Crippen molar-refractivity contribution in [2.24, 2.45) is 0 Å². The summed E-state index contributed by atoms with van der Waals surface area (Å²) < 4.78 is 11.2. The van der Waals surface area contributed by atoms with Crippen molar-refractivity contribution in [1.29, 1.82) is 0 Å².